The number of thiophene rings is 1. The number of carbonyl (C=O) groups is 1. The first-order valence-electron chi connectivity index (χ1n) is 5.62. The van der Waals surface area contributed by atoms with E-state index in [0.717, 1.165) is 22.3 Å². The number of Topliss-reactive ketones (excluding diaryl/α,β-unsaturated/α-hetero) is 1. The number of benzene rings is 1. The number of rotatable bonds is 4. The first-order chi connectivity index (χ1) is 8.58. The molecule has 94 valence electrons. The van der Waals surface area contributed by atoms with Gasteiger partial charge in [0.25, 0.3) is 0 Å². The van der Waals surface area contributed by atoms with Crippen molar-refractivity contribution in [1.82, 2.24) is 0 Å². The Morgan fingerprint density at radius 3 is 2.72 bits per heavy atom. The normalized spacial score (nSPS) is 10.4. The molecule has 1 aromatic carbocycles. The number of hydrogen-bond donors (Lipinski definition) is 0. The van der Waals surface area contributed by atoms with Crippen LogP contribution in [-0.2, 0) is 6.54 Å². The van der Waals surface area contributed by atoms with Crippen LogP contribution in [0.25, 0.3) is 0 Å². The van der Waals surface area contributed by atoms with E-state index in [0.29, 0.717) is 0 Å². The maximum absolute atomic E-state index is 11.6. The van der Waals surface area contributed by atoms with Gasteiger partial charge in [-0.05, 0) is 41.1 Å². The predicted octanol–water partition coefficient (Wildman–Crippen LogP) is 4.35. The number of anilines is 1. The molecule has 0 saturated carbocycles. The second-order valence-corrected chi connectivity index (χ2v) is 6.07. The van der Waals surface area contributed by atoms with E-state index in [2.05, 4.69) is 32.3 Å². The topological polar surface area (TPSA) is 20.3 Å². The molecule has 0 fully saturated rings. The van der Waals surface area contributed by atoms with Crippen molar-refractivity contribution in [2.45, 2.75) is 13.5 Å². The number of carbonyl (C=O) groups excluding carboxylic acids is 1. The van der Waals surface area contributed by atoms with Gasteiger partial charge in [-0.25, -0.2) is 0 Å². The van der Waals surface area contributed by atoms with Crippen LogP contribution in [0.2, 0.25) is 0 Å². The van der Waals surface area contributed by atoms with Gasteiger partial charge in [0.2, 0.25) is 0 Å². The predicted molar refractivity (Wildman–Crippen MR) is 80.6 cm³/mol. The lowest BCUT2D eigenvalue weighted by atomic mass is 10.1. The summed E-state index contributed by atoms with van der Waals surface area (Å²) in [6, 6.07) is 9.83. The van der Waals surface area contributed by atoms with Crippen LogP contribution in [0.5, 0.6) is 0 Å². The highest BCUT2D eigenvalue weighted by atomic mass is 79.9. The number of ketones is 1. The Hall–Kier alpha value is -1.13. The maximum atomic E-state index is 11.6. The fourth-order valence-corrected chi connectivity index (χ4v) is 3.36. The second-order valence-electron chi connectivity index (χ2n) is 4.16. The van der Waals surface area contributed by atoms with Crippen LogP contribution in [0.1, 0.15) is 22.2 Å². The highest BCUT2D eigenvalue weighted by Gasteiger charge is 2.11. The summed E-state index contributed by atoms with van der Waals surface area (Å²) in [4.78, 5) is 15.0. The Morgan fingerprint density at radius 2 is 2.11 bits per heavy atom. The summed E-state index contributed by atoms with van der Waals surface area (Å²) in [6.07, 6.45) is 0. The van der Waals surface area contributed by atoms with E-state index in [4.69, 9.17) is 0 Å². The average Bonchev–Trinajstić information content (AvgIpc) is 2.74. The van der Waals surface area contributed by atoms with Crippen LogP contribution in [0, 0.1) is 0 Å². The molecule has 0 radical (unpaired) electrons. The Bertz CT molecular complexity index is 564. The van der Waals surface area contributed by atoms with Gasteiger partial charge in [-0.1, -0.05) is 12.1 Å². The smallest absolute Gasteiger partial charge is 0.161 e. The molecule has 2 aromatic rings. The van der Waals surface area contributed by atoms with Crippen molar-refractivity contribution in [3.05, 3.63) is 50.6 Å². The molecule has 0 amide bonds. The third-order valence-electron chi connectivity index (χ3n) is 2.71. The molecule has 2 rings (SSSR count). The SMILES string of the molecule is CC(=O)c1ccccc1N(C)Cc1cc(Br)cs1. The van der Waals surface area contributed by atoms with Gasteiger partial charge in [-0.2, -0.15) is 0 Å². The summed E-state index contributed by atoms with van der Waals surface area (Å²) < 4.78 is 1.11. The lowest BCUT2D eigenvalue weighted by molar-refractivity contribution is 0.101. The van der Waals surface area contributed by atoms with Crippen LogP contribution in [0.3, 0.4) is 0 Å². The molecule has 1 aromatic heterocycles. The molecule has 0 atom stereocenters. The number of nitrogens with zero attached hydrogens (tertiary/aromatic N) is 1. The largest absolute Gasteiger partial charge is 0.369 e. The number of hydrogen-bond acceptors (Lipinski definition) is 3. The van der Waals surface area contributed by atoms with Crippen LogP contribution >= 0.6 is 27.3 Å². The lowest BCUT2D eigenvalue weighted by Crippen LogP contribution is -2.18. The van der Waals surface area contributed by atoms with Crippen LogP contribution in [0.15, 0.2) is 40.2 Å². The summed E-state index contributed by atoms with van der Waals surface area (Å²) in [5.41, 5.74) is 1.75. The lowest BCUT2D eigenvalue weighted by Gasteiger charge is -2.20. The summed E-state index contributed by atoms with van der Waals surface area (Å²) >= 11 is 5.17. The third-order valence-corrected chi connectivity index (χ3v) is 4.39. The highest BCUT2D eigenvalue weighted by molar-refractivity contribution is 9.10. The first kappa shape index (κ1) is 13.3. The Labute approximate surface area is 119 Å². The van der Waals surface area contributed by atoms with Gasteiger partial charge in [-0.3, -0.25) is 4.79 Å². The van der Waals surface area contributed by atoms with E-state index < -0.39 is 0 Å². The molecular formula is C14H14BrNOS. The standard InChI is InChI=1S/C14H14BrNOS/c1-10(17)13-5-3-4-6-14(13)16(2)8-12-7-11(15)9-18-12/h3-7,9H,8H2,1-2H3. The maximum Gasteiger partial charge on any atom is 0.161 e. The summed E-state index contributed by atoms with van der Waals surface area (Å²) in [5, 5.41) is 2.07. The van der Waals surface area contributed by atoms with Crippen molar-refractivity contribution < 1.29 is 4.79 Å². The fraction of sp³-hybridized carbons (Fsp3) is 0.214. The summed E-state index contributed by atoms with van der Waals surface area (Å²) in [5.74, 6) is 0.102. The molecule has 0 saturated heterocycles. The summed E-state index contributed by atoms with van der Waals surface area (Å²) in [6.45, 7) is 2.41. The van der Waals surface area contributed by atoms with E-state index in [1.807, 2.05) is 31.3 Å². The Balaban J connectivity index is 2.23. The molecule has 0 unspecified atom stereocenters. The Kier molecular flexibility index (Phi) is 4.19. The number of halogens is 1. The van der Waals surface area contributed by atoms with E-state index in [1.165, 1.54) is 4.88 Å². The van der Waals surface area contributed by atoms with Gasteiger partial charge < -0.3 is 4.90 Å². The molecule has 0 N–H and O–H groups in total. The molecular weight excluding hydrogens is 310 g/mol. The van der Waals surface area contributed by atoms with Crippen LogP contribution in [0.4, 0.5) is 5.69 Å². The molecule has 0 bridgehead atoms. The molecule has 18 heavy (non-hydrogen) atoms. The zero-order valence-electron chi connectivity index (χ0n) is 10.3. The van der Waals surface area contributed by atoms with E-state index in [-0.39, 0.29) is 5.78 Å². The minimum absolute atomic E-state index is 0.102. The zero-order chi connectivity index (χ0) is 13.1. The minimum atomic E-state index is 0.102. The van der Waals surface area contributed by atoms with Crippen molar-refractivity contribution in [1.29, 1.82) is 0 Å². The zero-order valence-corrected chi connectivity index (χ0v) is 12.7. The quantitative estimate of drug-likeness (QED) is 0.779. The van der Waals surface area contributed by atoms with E-state index >= 15 is 0 Å². The van der Waals surface area contributed by atoms with Gasteiger partial charge in [0, 0.05) is 33.0 Å². The van der Waals surface area contributed by atoms with E-state index in [1.54, 1.807) is 18.3 Å². The van der Waals surface area contributed by atoms with Gasteiger partial charge in [0.1, 0.15) is 0 Å². The second kappa shape index (κ2) is 5.67. The highest BCUT2D eigenvalue weighted by Crippen LogP contribution is 2.25. The minimum Gasteiger partial charge on any atom is -0.369 e. The van der Waals surface area contributed by atoms with Crippen LogP contribution < -0.4 is 4.90 Å². The molecule has 0 aliphatic carbocycles. The molecule has 0 spiro atoms. The average molecular weight is 324 g/mol. The van der Waals surface area contributed by atoms with Crippen LogP contribution in [-0.4, -0.2) is 12.8 Å². The Morgan fingerprint density at radius 1 is 1.39 bits per heavy atom. The number of para-hydroxylation sites is 1. The van der Waals surface area contributed by atoms with Crippen molar-refractivity contribution in [3.63, 3.8) is 0 Å². The molecule has 0 aliphatic heterocycles. The van der Waals surface area contributed by atoms with Crippen molar-refractivity contribution >= 4 is 38.7 Å². The molecule has 4 heteroatoms. The first-order valence-corrected chi connectivity index (χ1v) is 7.29. The van der Waals surface area contributed by atoms with E-state index in [9.17, 15) is 4.79 Å². The van der Waals surface area contributed by atoms with Gasteiger partial charge >= 0.3 is 0 Å². The van der Waals surface area contributed by atoms with Crippen molar-refractivity contribution in [3.8, 4) is 0 Å². The van der Waals surface area contributed by atoms with Crippen molar-refractivity contribution in [2.24, 2.45) is 0 Å². The molecule has 1 heterocycles. The third kappa shape index (κ3) is 3.00. The molecule has 2 nitrogen and oxygen atoms in total. The van der Waals surface area contributed by atoms with Crippen molar-refractivity contribution in [2.75, 3.05) is 11.9 Å². The fourth-order valence-electron chi connectivity index (χ4n) is 1.86. The molecule has 0 aliphatic rings. The van der Waals surface area contributed by atoms with Gasteiger partial charge in [-0.15, -0.1) is 11.3 Å². The van der Waals surface area contributed by atoms with Gasteiger partial charge in [0.05, 0.1) is 6.54 Å². The monoisotopic (exact) mass is 323 g/mol. The summed E-state index contributed by atoms with van der Waals surface area (Å²) in [7, 11) is 2.01. The van der Waals surface area contributed by atoms with Gasteiger partial charge in [0.15, 0.2) is 5.78 Å².